The van der Waals surface area contributed by atoms with Crippen LogP contribution in [0.15, 0.2) is 24.3 Å². The van der Waals surface area contributed by atoms with E-state index in [0.29, 0.717) is 23.7 Å². The number of hydrogen-bond donors (Lipinski definition) is 3. The average Bonchev–Trinajstić information content (AvgIpc) is 3.44. The van der Waals surface area contributed by atoms with Crippen molar-refractivity contribution in [2.24, 2.45) is 5.92 Å². The molecule has 2 aromatic rings. The van der Waals surface area contributed by atoms with Crippen LogP contribution in [-0.2, 0) is 4.79 Å². The van der Waals surface area contributed by atoms with Gasteiger partial charge in [0, 0.05) is 25.6 Å². The van der Waals surface area contributed by atoms with Gasteiger partial charge in [-0.3, -0.25) is 9.59 Å². The van der Waals surface area contributed by atoms with Crippen LogP contribution in [0.3, 0.4) is 0 Å². The highest BCUT2D eigenvalue weighted by atomic mass is 19.1. The maximum atomic E-state index is 13.6. The first-order valence-electron chi connectivity index (χ1n) is 12.4. The number of aliphatic carboxylic acids is 1. The molecule has 1 amide bonds. The molecular weight excluding hydrogens is 469 g/mol. The molecule has 1 aliphatic carbocycles. The Hall–Kier alpha value is -2.98. The molecule has 0 spiro atoms. The van der Waals surface area contributed by atoms with Gasteiger partial charge < -0.3 is 25.0 Å². The van der Waals surface area contributed by atoms with Gasteiger partial charge in [-0.15, -0.1) is 0 Å². The predicted octanol–water partition coefficient (Wildman–Crippen LogP) is 3.36. The van der Waals surface area contributed by atoms with E-state index < -0.39 is 30.4 Å². The first-order chi connectivity index (χ1) is 17.1. The maximum absolute atomic E-state index is 13.6. The molecule has 0 radical (unpaired) electrons. The normalized spacial score (nSPS) is 15.8. The van der Waals surface area contributed by atoms with E-state index in [2.05, 4.69) is 5.10 Å². The van der Waals surface area contributed by atoms with Crippen molar-refractivity contribution < 1.29 is 34.0 Å². The molecule has 1 heterocycles. The lowest BCUT2D eigenvalue weighted by Crippen LogP contribution is -2.32. The number of nitrogens with zero attached hydrogens (tertiary/aromatic N) is 3. The number of benzene rings is 1. The maximum Gasteiger partial charge on any atom is 0.305 e. The largest absolute Gasteiger partial charge is 0.481 e. The van der Waals surface area contributed by atoms with Gasteiger partial charge in [-0.05, 0) is 48.9 Å². The quantitative estimate of drug-likeness (QED) is 0.404. The summed E-state index contributed by atoms with van der Waals surface area (Å²) in [5.41, 5.74) is 1.26. The van der Waals surface area contributed by atoms with Gasteiger partial charge >= 0.3 is 5.97 Å². The lowest BCUT2D eigenvalue weighted by Gasteiger charge is -2.21. The van der Waals surface area contributed by atoms with Crippen LogP contribution in [-0.4, -0.2) is 74.3 Å². The Morgan fingerprint density at radius 3 is 2.39 bits per heavy atom. The second-order valence-electron chi connectivity index (χ2n) is 9.90. The third-order valence-electron chi connectivity index (χ3n) is 6.45. The van der Waals surface area contributed by atoms with Gasteiger partial charge in [-0.1, -0.05) is 26.7 Å². The minimum Gasteiger partial charge on any atom is -0.481 e. The van der Waals surface area contributed by atoms with E-state index >= 15 is 0 Å². The van der Waals surface area contributed by atoms with E-state index in [4.69, 9.17) is 9.84 Å². The van der Waals surface area contributed by atoms with Gasteiger partial charge in [0.1, 0.15) is 12.4 Å². The molecule has 9 nitrogen and oxygen atoms in total. The third kappa shape index (κ3) is 7.04. The Bertz CT molecular complexity index is 1030. The van der Waals surface area contributed by atoms with E-state index in [1.807, 2.05) is 13.8 Å². The summed E-state index contributed by atoms with van der Waals surface area (Å²) in [6.45, 7) is 4.18. The summed E-state index contributed by atoms with van der Waals surface area (Å²) in [5, 5.41) is 33.6. The van der Waals surface area contributed by atoms with Crippen LogP contribution < -0.4 is 4.74 Å². The first-order valence-corrected chi connectivity index (χ1v) is 12.4. The van der Waals surface area contributed by atoms with E-state index in [1.165, 1.54) is 41.8 Å². The summed E-state index contributed by atoms with van der Waals surface area (Å²) in [7, 11) is 1.76. The Kier molecular flexibility index (Phi) is 9.44. The van der Waals surface area contributed by atoms with E-state index in [1.54, 1.807) is 11.9 Å². The highest BCUT2D eigenvalue weighted by molar-refractivity contribution is 5.94. The summed E-state index contributed by atoms with van der Waals surface area (Å²) in [4.78, 5) is 26.0. The second kappa shape index (κ2) is 12.3. The predicted molar refractivity (Wildman–Crippen MR) is 131 cm³/mol. The van der Waals surface area contributed by atoms with Crippen molar-refractivity contribution >= 4 is 11.9 Å². The molecule has 0 saturated heterocycles. The van der Waals surface area contributed by atoms with E-state index in [9.17, 15) is 24.2 Å². The molecule has 1 aromatic heterocycles. The van der Waals surface area contributed by atoms with Gasteiger partial charge in [0.05, 0.1) is 24.3 Å². The van der Waals surface area contributed by atoms with Crippen molar-refractivity contribution in [1.29, 1.82) is 0 Å². The van der Waals surface area contributed by atoms with Crippen LogP contribution in [0, 0.1) is 11.7 Å². The van der Waals surface area contributed by atoms with Crippen molar-refractivity contribution in [3.05, 3.63) is 41.3 Å². The van der Waals surface area contributed by atoms with Crippen molar-refractivity contribution in [2.75, 3.05) is 20.2 Å². The summed E-state index contributed by atoms with van der Waals surface area (Å²) in [6, 6.07) is 5.59. The van der Waals surface area contributed by atoms with E-state index in [-0.39, 0.29) is 36.4 Å². The molecule has 1 saturated carbocycles. The molecule has 0 bridgehead atoms. The summed E-state index contributed by atoms with van der Waals surface area (Å²) in [6.07, 6.45) is 1.47. The van der Waals surface area contributed by atoms with Crippen molar-refractivity contribution in [1.82, 2.24) is 14.7 Å². The van der Waals surface area contributed by atoms with Gasteiger partial charge in [0.25, 0.3) is 5.91 Å². The van der Waals surface area contributed by atoms with Gasteiger partial charge in [-0.2, -0.15) is 5.10 Å². The number of halogens is 1. The molecule has 10 heteroatoms. The second-order valence-corrected chi connectivity index (χ2v) is 9.90. The fourth-order valence-corrected chi connectivity index (χ4v) is 4.68. The third-order valence-corrected chi connectivity index (χ3v) is 6.45. The number of carboxylic acid groups (broad SMARTS) is 1. The Morgan fingerprint density at radius 2 is 1.81 bits per heavy atom. The SMILES string of the molecule is CC(C)c1c(C(=O)N(C)CC2CCCC2)nn(-c2ccc(F)cc2)c1OC[C@@H](O)C[C@@H](O)CC(=O)O. The minimum absolute atomic E-state index is 0.164. The first kappa shape index (κ1) is 27.6. The summed E-state index contributed by atoms with van der Waals surface area (Å²) in [5.74, 6) is -1.30. The van der Waals surface area contributed by atoms with Crippen LogP contribution >= 0.6 is 0 Å². The summed E-state index contributed by atoms with van der Waals surface area (Å²) < 4.78 is 21.0. The topological polar surface area (TPSA) is 125 Å². The Balaban J connectivity index is 1.91. The highest BCUT2D eigenvalue weighted by Crippen LogP contribution is 2.34. The smallest absolute Gasteiger partial charge is 0.305 e. The van der Waals surface area contributed by atoms with Crippen LogP contribution in [0.2, 0.25) is 0 Å². The molecule has 2 atom stereocenters. The number of aliphatic hydroxyl groups is 2. The van der Waals surface area contributed by atoms with Crippen LogP contribution in [0.1, 0.15) is 74.3 Å². The molecule has 1 aromatic carbocycles. The monoisotopic (exact) mass is 505 g/mol. The van der Waals surface area contributed by atoms with Crippen molar-refractivity contribution in [3.63, 3.8) is 0 Å². The molecule has 3 rings (SSSR count). The number of carbonyl (C=O) groups is 2. The molecule has 1 fully saturated rings. The molecule has 36 heavy (non-hydrogen) atoms. The zero-order chi connectivity index (χ0) is 26.4. The number of rotatable bonds is 12. The van der Waals surface area contributed by atoms with Crippen LogP contribution in [0.4, 0.5) is 4.39 Å². The molecule has 0 aliphatic heterocycles. The average molecular weight is 506 g/mol. The lowest BCUT2D eigenvalue weighted by atomic mass is 10.0. The van der Waals surface area contributed by atoms with Crippen LogP contribution in [0.5, 0.6) is 5.88 Å². The van der Waals surface area contributed by atoms with Crippen LogP contribution in [0.25, 0.3) is 5.69 Å². The van der Waals surface area contributed by atoms with E-state index in [0.717, 1.165) is 12.8 Å². The highest BCUT2D eigenvalue weighted by Gasteiger charge is 2.30. The Labute approximate surface area is 210 Å². The molecule has 3 N–H and O–H groups in total. The molecule has 0 unspecified atom stereocenters. The molecule has 198 valence electrons. The number of hydrogen-bond acceptors (Lipinski definition) is 6. The minimum atomic E-state index is -1.23. The standard InChI is InChI=1S/C26H36FN3O6/c1-16(2)23-24(25(35)29(3)14-17-6-4-5-7-17)28-30(19-10-8-18(27)9-11-19)26(23)36-15-21(32)12-20(31)13-22(33)34/h8-11,16-17,20-21,31-32H,4-7,12-15H2,1-3H3,(H,33,34)/t20-,21+/m1/s1. The fraction of sp³-hybridized carbons (Fsp3) is 0.577. The van der Waals surface area contributed by atoms with Gasteiger partial charge in [0.15, 0.2) is 5.69 Å². The van der Waals surface area contributed by atoms with Crippen molar-refractivity contribution in [2.45, 2.75) is 70.5 Å². The fourth-order valence-electron chi connectivity index (χ4n) is 4.68. The summed E-state index contributed by atoms with van der Waals surface area (Å²) >= 11 is 0. The number of ether oxygens (including phenoxy) is 1. The number of carboxylic acids is 1. The van der Waals surface area contributed by atoms with Gasteiger partial charge in [-0.25, -0.2) is 9.07 Å². The number of aliphatic hydroxyl groups excluding tert-OH is 2. The molecule has 1 aliphatic rings. The van der Waals surface area contributed by atoms with Crippen molar-refractivity contribution in [3.8, 4) is 11.6 Å². The number of aromatic nitrogens is 2. The lowest BCUT2D eigenvalue weighted by molar-refractivity contribution is -0.139. The molecular formula is C26H36FN3O6. The number of amides is 1. The zero-order valence-corrected chi connectivity index (χ0v) is 21.1. The van der Waals surface area contributed by atoms with Gasteiger partial charge in [0.2, 0.25) is 5.88 Å². The number of carbonyl (C=O) groups excluding carboxylic acids is 1. The zero-order valence-electron chi connectivity index (χ0n) is 21.1. The Morgan fingerprint density at radius 1 is 1.17 bits per heavy atom.